The fraction of sp³-hybridized carbons (Fsp3) is 1.00. The van der Waals surface area contributed by atoms with Crippen molar-refractivity contribution in [3.05, 3.63) is 0 Å². The van der Waals surface area contributed by atoms with Crippen LogP contribution in [0.3, 0.4) is 0 Å². The van der Waals surface area contributed by atoms with Gasteiger partial charge in [-0.1, -0.05) is 226 Å². The summed E-state index contributed by atoms with van der Waals surface area (Å²) in [4.78, 5) is 0. The minimum atomic E-state index is 1.04. The van der Waals surface area contributed by atoms with Gasteiger partial charge in [-0.3, -0.25) is 0 Å². The zero-order valence-corrected chi connectivity index (χ0v) is 26.2. The fourth-order valence-electron chi connectivity index (χ4n) is 6.02. The van der Waals surface area contributed by atoms with Crippen LogP contribution in [0.15, 0.2) is 0 Å². The largest absolute Gasteiger partial charge is 0.0654 e. The molecule has 0 aliphatic heterocycles. The van der Waals surface area contributed by atoms with Crippen molar-refractivity contribution in [1.82, 2.24) is 0 Å². The molecule has 0 aromatic heterocycles. The van der Waals surface area contributed by atoms with Gasteiger partial charge in [-0.2, -0.15) is 0 Å². The van der Waals surface area contributed by atoms with Gasteiger partial charge < -0.3 is 0 Å². The van der Waals surface area contributed by atoms with Crippen LogP contribution >= 0.6 is 0 Å². The minimum absolute atomic E-state index is 1.04. The minimum Gasteiger partial charge on any atom is -0.0654 e. The topological polar surface area (TPSA) is 0 Å². The molecule has 0 fully saturated rings. The first-order chi connectivity index (χ1) is 17.8. The molecule has 0 amide bonds. The third-order valence-corrected chi connectivity index (χ3v) is 8.65. The van der Waals surface area contributed by atoms with E-state index in [4.69, 9.17) is 0 Å². The van der Waals surface area contributed by atoms with Gasteiger partial charge >= 0.3 is 0 Å². The maximum Gasteiger partial charge on any atom is -0.0414 e. The highest BCUT2D eigenvalue weighted by atomic mass is 14.1. The first-order valence-electron chi connectivity index (χ1n) is 17.8. The Morgan fingerprint density at radius 1 is 0.222 bits per heavy atom. The standard InChI is InChI=1S/C36H74/c1-4-7-10-13-16-17-18-19-20-21-22-23-24-25-26-29-32-35-36(33-30-27-14-11-8-5-2)34-31-28-15-12-9-6-3/h36H,4-35H2,1-3H3. The van der Waals surface area contributed by atoms with Gasteiger partial charge in [-0.05, 0) is 5.92 Å². The molecule has 0 aromatic carbocycles. The van der Waals surface area contributed by atoms with E-state index < -0.39 is 0 Å². The summed E-state index contributed by atoms with van der Waals surface area (Å²) in [6.45, 7) is 6.97. The zero-order valence-electron chi connectivity index (χ0n) is 26.2. The van der Waals surface area contributed by atoms with Crippen molar-refractivity contribution in [2.24, 2.45) is 5.92 Å². The molecular weight excluding hydrogens is 432 g/mol. The van der Waals surface area contributed by atoms with Gasteiger partial charge in [0, 0.05) is 0 Å². The molecule has 0 nitrogen and oxygen atoms in total. The molecule has 0 radical (unpaired) electrons. The van der Waals surface area contributed by atoms with Gasteiger partial charge in [0.15, 0.2) is 0 Å². The average molecular weight is 507 g/mol. The third-order valence-electron chi connectivity index (χ3n) is 8.65. The molecule has 0 N–H and O–H groups in total. The summed E-state index contributed by atoms with van der Waals surface area (Å²) in [7, 11) is 0. The summed E-state index contributed by atoms with van der Waals surface area (Å²) in [5.41, 5.74) is 0. The molecule has 0 bridgehead atoms. The van der Waals surface area contributed by atoms with Crippen molar-refractivity contribution >= 4 is 0 Å². The lowest BCUT2D eigenvalue weighted by molar-refractivity contribution is 0.365. The Kier molecular flexibility index (Phi) is 33.0. The van der Waals surface area contributed by atoms with E-state index in [0.29, 0.717) is 0 Å². The van der Waals surface area contributed by atoms with E-state index in [2.05, 4.69) is 20.8 Å². The van der Waals surface area contributed by atoms with Gasteiger partial charge in [-0.15, -0.1) is 0 Å². The molecule has 0 rings (SSSR count). The van der Waals surface area contributed by atoms with Crippen molar-refractivity contribution in [3.63, 3.8) is 0 Å². The predicted molar refractivity (Wildman–Crippen MR) is 168 cm³/mol. The second kappa shape index (κ2) is 33.0. The maximum absolute atomic E-state index is 2.33. The molecule has 0 aliphatic rings. The van der Waals surface area contributed by atoms with E-state index in [9.17, 15) is 0 Å². The van der Waals surface area contributed by atoms with Gasteiger partial charge in [0.25, 0.3) is 0 Å². The van der Waals surface area contributed by atoms with Crippen molar-refractivity contribution in [3.8, 4) is 0 Å². The van der Waals surface area contributed by atoms with Gasteiger partial charge in [0.05, 0.1) is 0 Å². The molecule has 0 aromatic rings. The first-order valence-corrected chi connectivity index (χ1v) is 17.8. The van der Waals surface area contributed by atoms with Crippen LogP contribution in [0.1, 0.15) is 226 Å². The molecule has 0 atom stereocenters. The molecule has 0 saturated carbocycles. The van der Waals surface area contributed by atoms with Crippen LogP contribution in [-0.2, 0) is 0 Å². The average Bonchev–Trinajstić information content (AvgIpc) is 2.89. The highest BCUT2D eigenvalue weighted by Gasteiger charge is 2.08. The summed E-state index contributed by atoms with van der Waals surface area (Å²) in [5.74, 6) is 1.04. The maximum atomic E-state index is 2.33. The van der Waals surface area contributed by atoms with E-state index >= 15 is 0 Å². The number of hydrogen-bond acceptors (Lipinski definition) is 0. The Morgan fingerprint density at radius 2 is 0.389 bits per heavy atom. The highest BCUT2D eigenvalue weighted by molar-refractivity contribution is 4.62. The third kappa shape index (κ3) is 30.2. The van der Waals surface area contributed by atoms with Gasteiger partial charge in [0.2, 0.25) is 0 Å². The SMILES string of the molecule is CCCCCCCCCCCCCCCCCCCC(CCCCCCCC)CCCCCCCC. The van der Waals surface area contributed by atoms with Crippen molar-refractivity contribution in [2.75, 3.05) is 0 Å². The van der Waals surface area contributed by atoms with Gasteiger partial charge in [-0.25, -0.2) is 0 Å². The lowest BCUT2D eigenvalue weighted by Gasteiger charge is -2.17. The predicted octanol–water partition coefficient (Wildman–Crippen LogP) is 14.1. The Labute approximate surface area is 232 Å². The Hall–Kier alpha value is 0. The summed E-state index contributed by atoms with van der Waals surface area (Å²) < 4.78 is 0. The van der Waals surface area contributed by atoms with E-state index in [-0.39, 0.29) is 0 Å². The molecule has 0 heteroatoms. The van der Waals surface area contributed by atoms with Crippen LogP contribution in [0, 0.1) is 5.92 Å². The monoisotopic (exact) mass is 507 g/mol. The van der Waals surface area contributed by atoms with Crippen molar-refractivity contribution in [1.29, 1.82) is 0 Å². The van der Waals surface area contributed by atoms with Crippen LogP contribution in [0.5, 0.6) is 0 Å². The highest BCUT2D eigenvalue weighted by Crippen LogP contribution is 2.25. The van der Waals surface area contributed by atoms with E-state index in [1.807, 2.05) is 0 Å². The molecule has 0 aliphatic carbocycles. The lowest BCUT2D eigenvalue weighted by atomic mass is 9.89. The summed E-state index contributed by atoms with van der Waals surface area (Å²) in [5, 5.41) is 0. The molecule has 0 spiro atoms. The van der Waals surface area contributed by atoms with Gasteiger partial charge in [0.1, 0.15) is 0 Å². The number of hydrogen-bond donors (Lipinski definition) is 0. The van der Waals surface area contributed by atoms with Crippen LogP contribution < -0.4 is 0 Å². The molecular formula is C36H74. The lowest BCUT2D eigenvalue weighted by Crippen LogP contribution is -2.01. The van der Waals surface area contributed by atoms with E-state index in [1.165, 1.54) is 205 Å². The summed E-state index contributed by atoms with van der Waals surface area (Å²) in [6.07, 6.45) is 47.3. The molecule has 0 heterocycles. The van der Waals surface area contributed by atoms with Crippen LogP contribution in [0.25, 0.3) is 0 Å². The smallest absolute Gasteiger partial charge is 0.0414 e. The van der Waals surface area contributed by atoms with Crippen LogP contribution in [-0.4, -0.2) is 0 Å². The number of rotatable bonds is 32. The second-order valence-electron chi connectivity index (χ2n) is 12.4. The molecule has 0 unspecified atom stereocenters. The van der Waals surface area contributed by atoms with E-state index in [1.54, 1.807) is 0 Å². The molecule has 36 heavy (non-hydrogen) atoms. The van der Waals surface area contributed by atoms with E-state index in [0.717, 1.165) is 5.92 Å². The normalized spacial score (nSPS) is 11.7. The fourth-order valence-corrected chi connectivity index (χ4v) is 6.02. The van der Waals surface area contributed by atoms with Crippen LogP contribution in [0.2, 0.25) is 0 Å². The summed E-state index contributed by atoms with van der Waals surface area (Å²) in [6, 6.07) is 0. The molecule has 218 valence electrons. The quantitative estimate of drug-likeness (QED) is 0.0795. The number of unbranched alkanes of at least 4 members (excludes halogenated alkanes) is 26. The van der Waals surface area contributed by atoms with Crippen molar-refractivity contribution in [2.45, 2.75) is 226 Å². The van der Waals surface area contributed by atoms with Crippen molar-refractivity contribution < 1.29 is 0 Å². The van der Waals surface area contributed by atoms with Crippen LogP contribution in [0.4, 0.5) is 0 Å². The second-order valence-corrected chi connectivity index (χ2v) is 12.4. The Balaban J connectivity index is 3.60. The zero-order chi connectivity index (χ0) is 26.2. The Morgan fingerprint density at radius 3 is 0.583 bits per heavy atom. The Bertz CT molecular complexity index is 343. The summed E-state index contributed by atoms with van der Waals surface area (Å²) >= 11 is 0. The molecule has 0 saturated heterocycles. The first kappa shape index (κ1) is 36.0.